The van der Waals surface area contributed by atoms with Crippen molar-refractivity contribution in [2.24, 2.45) is 5.92 Å². The van der Waals surface area contributed by atoms with E-state index in [9.17, 15) is 0 Å². The molecule has 1 saturated heterocycles. The highest BCUT2D eigenvalue weighted by Crippen LogP contribution is 2.25. The van der Waals surface area contributed by atoms with Crippen molar-refractivity contribution >= 4 is 0 Å². The lowest BCUT2D eigenvalue weighted by Gasteiger charge is -2.40. The van der Waals surface area contributed by atoms with Crippen LogP contribution in [0.3, 0.4) is 0 Å². The first-order valence-corrected chi connectivity index (χ1v) is 5.40. The van der Waals surface area contributed by atoms with Gasteiger partial charge in [-0.25, -0.2) is 0 Å². The van der Waals surface area contributed by atoms with E-state index < -0.39 is 0 Å². The lowest BCUT2D eigenvalue weighted by Crippen LogP contribution is -2.45. The molecule has 2 unspecified atom stereocenters. The van der Waals surface area contributed by atoms with Gasteiger partial charge in [-0.1, -0.05) is 13.8 Å². The number of nitrogens with zero attached hydrogens (tertiary/aromatic N) is 1. The van der Waals surface area contributed by atoms with Crippen LogP contribution < -0.4 is 0 Å². The van der Waals surface area contributed by atoms with Crippen LogP contribution in [0, 0.1) is 5.92 Å². The van der Waals surface area contributed by atoms with E-state index in [4.69, 9.17) is 0 Å². The Bertz CT molecular complexity index is 131. The van der Waals surface area contributed by atoms with Crippen LogP contribution in [0.15, 0.2) is 0 Å². The number of piperidine rings is 1. The molecule has 1 heterocycles. The zero-order chi connectivity index (χ0) is 9.14. The molecule has 1 heteroatoms. The molecule has 1 rings (SSSR count). The largest absolute Gasteiger partial charge is 0.298 e. The van der Waals surface area contributed by atoms with E-state index in [0.717, 1.165) is 18.0 Å². The van der Waals surface area contributed by atoms with Gasteiger partial charge in [0.2, 0.25) is 0 Å². The van der Waals surface area contributed by atoms with Gasteiger partial charge in [0.05, 0.1) is 0 Å². The Balaban J connectivity index is 2.50. The van der Waals surface area contributed by atoms with Gasteiger partial charge in [0.1, 0.15) is 0 Å². The molecule has 0 aromatic rings. The first kappa shape index (κ1) is 10.0. The highest BCUT2D eigenvalue weighted by molar-refractivity contribution is 4.80. The fourth-order valence-electron chi connectivity index (χ4n) is 2.35. The van der Waals surface area contributed by atoms with Crippen LogP contribution in [0.4, 0.5) is 0 Å². The minimum atomic E-state index is 0.738. The second-order valence-electron chi connectivity index (χ2n) is 4.52. The predicted octanol–water partition coefficient (Wildman–Crippen LogP) is 2.91. The summed E-state index contributed by atoms with van der Waals surface area (Å²) in [6, 6.07) is 1.59. The van der Waals surface area contributed by atoms with Gasteiger partial charge in [-0.05, 0) is 45.6 Å². The summed E-state index contributed by atoms with van der Waals surface area (Å²) < 4.78 is 0. The molecule has 2 atom stereocenters. The molecule has 72 valence electrons. The zero-order valence-electron chi connectivity index (χ0n) is 9.01. The van der Waals surface area contributed by atoms with Gasteiger partial charge in [-0.2, -0.15) is 0 Å². The molecule has 0 radical (unpaired) electrons. The molecular formula is C11H23N. The molecular weight excluding hydrogens is 146 g/mol. The van der Waals surface area contributed by atoms with E-state index in [1.807, 2.05) is 0 Å². The van der Waals surface area contributed by atoms with Gasteiger partial charge < -0.3 is 0 Å². The molecule has 0 aromatic heterocycles. The summed E-state index contributed by atoms with van der Waals surface area (Å²) in [6.07, 6.45) is 4.13. The molecule has 1 aliphatic heterocycles. The summed E-state index contributed by atoms with van der Waals surface area (Å²) in [5.74, 6) is 0.949. The first-order valence-electron chi connectivity index (χ1n) is 5.40. The minimum absolute atomic E-state index is 0.738. The Morgan fingerprint density at radius 2 is 2.08 bits per heavy atom. The number of likely N-dealkylation sites (tertiary alicyclic amines) is 1. The van der Waals surface area contributed by atoms with Gasteiger partial charge in [-0.15, -0.1) is 0 Å². The lowest BCUT2D eigenvalue weighted by molar-refractivity contribution is 0.0839. The van der Waals surface area contributed by atoms with E-state index >= 15 is 0 Å². The Morgan fingerprint density at radius 1 is 1.42 bits per heavy atom. The average molecular weight is 169 g/mol. The van der Waals surface area contributed by atoms with E-state index in [1.165, 1.54) is 25.8 Å². The highest BCUT2D eigenvalue weighted by Gasteiger charge is 2.26. The smallest absolute Gasteiger partial charge is 0.00978 e. The van der Waals surface area contributed by atoms with Crippen molar-refractivity contribution in [3.63, 3.8) is 0 Å². The molecule has 0 saturated carbocycles. The zero-order valence-corrected chi connectivity index (χ0v) is 9.01. The third-order valence-electron chi connectivity index (χ3n) is 3.16. The Kier molecular flexibility index (Phi) is 3.57. The second kappa shape index (κ2) is 4.27. The van der Waals surface area contributed by atoms with Crippen molar-refractivity contribution in [1.29, 1.82) is 0 Å². The standard InChI is InChI=1S/C11H23N/c1-5-11-8-10(4)6-7-12(11)9(2)3/h9-11H,5-8H2,1-4H3. The molecule has 0 aliphatic carbocycles. The van der Waals surface area contributed by atoms with Crippen molar-refractivity contribution < 1.29 is 0 Å². The van der Waals surface area contributed by atoms with E-state index in [0.29, 0.717) is 0 Å². The van der Waals surface area contributed by atoms with Crippen molar-refractivity contribution in [3.8, 4) is 0 Å². The Hall–Kier alpha value is -0.0400. The van der Waals surface area contributed by atoms with Crippen molar-refractivity contribution in [3.05, 3.63) is 0 Å². The van der Waals surface area contributed by atoms with Gasteiger partial charge in [-0.3, -0.25) is 4.90 Å². The second-order valence-corrected chi connectivity index (χ2v) is 4.52. The number of hydrogen-bond acceptors (Lipinski definition) is 1. The van der Waals surface area contributed by atoms with Gasteiger partial charge >= 0.3 is 0 Å². The van der Waals surface area contributed by atoms with E-state index in [-0.39, 0.29) is 0 Å². The molecule has 0 spiro atoms. The summed E-state index contributed by atoms with van der Waals surface area (Å²) >= 11 is 0. The van der Waals surface area contributed by atoms with Crippen molar-refractivity contribution in [1.82, 2.24) is 4.90 Å². The summed E-state index contributed by atoms with van der Waals surface area (Å²) in [5.41, 5.74) is 0. The van der Waals surface area contributed by atoms with Crippen molar-refractivity contribution in [2.75, 3.05) is 6.54 Å². The van der Waals surface area contributed by atoms with E-state index in [1.54, 1.807) is 0 Å². The van der Waals surface area contributed by atoms with Gasteiger partial charge in [0.25, 0.3) is 0 Å². The molecule has 0 aromatic carbocycles. The number of hydrogen-bond donors (Lipinski definition) is 0. The lowest BCUT2D eigenvalue weighted by atomic mass is 9.90. The van der Waals surface area contributed by atoms with Crippen molar-refractivity contribution in [2.45, 2.75) is 59.0 Å². The predicted molar refractivity (Wildman–Crippen MR) is 54.3 cm³/mol. The quantitative estimate of drug-likeness (QED) is 0.614. The van der Waals surface area contributed by atoms with Crippen LogP contribution in [0.1, 0.15) is 47.0 Å². The molecule has 1 fully saturated rings. The fraction of sp³-hybridized carbons (Fsp3) is 1.00. The molecule has 0 amide bonds. The van der Waals surface area contributed by atoms with Crippen LogP contribution in [-0.2, 0) is 0 Å². The molecule has 0 N–H and O–H groups in total. The van der Waals surface area contributed by atoms with Crippen LogP contribution in [0.5, 0.6) is 0 Å². The maximum absolute atomic E-state index is 2.67. The highest BCUT2D eigenvalue weighted by atomic mass is 15.2. The SMILES string of the molecule is CCC1CC(C)CCN1C(C)C. The minimum Gasteiger partial charge on any atom is -0.298 e. The normalized spacial score (nSPS) is 32.8. The van der Waals surface area contributed by atoms with Gasteiger partial charge in [0.15, 0.2) is 0 Å². The topological polar surface area (TPSA) is 3.24 Å². The van der Waals surface area contributed by atoms with Crippen LogP contribution in [-0.4, -0.2) is 23.5 Å². The Labute approximate surface area is 77.1 Å². The summed E-state index contributed by atoms with van der Waals surface area (Å²) in [4.78, 5) is 2.67. The Morgan fingerprint density at radius 3 is 2.58 bits per heavy atom. The van der Waals surface area contributed by atoms with Gasteiger partial charge in [0, 0.05) is 12.1 Å². The fourth-order valence-corrected chi connectivity index (χ4v) is 2.35. The summed E-state index contributed by atoms with van der Waals surface area (Å²) in [7, 11) is 0. The van der Waals surface area contributed by atoms with Crippen LogP contribution in [0.2, 0.25) is 0 Å². The first-order chi connectivity index (χ1) is 5.65. The van der Waals surface area contributed by atoms with Crippen LogP contribution >= 0.6 is 0 Å². The maximum atomic E-state index is 2.67. The average Bonchev–Trinajstić information content (AvgIpc) is 2.03. The molecule has 1 aliphatic rings. The third-order valence-corrected chi connectivity index (χ3v) is 3.16. The third kappa shape index (κ3) is 2.22. The molecule has 12 heavy (non-hydrogen) atoms. The molecule has 1 nitrogen and oxygen atoms in total. The summed E-state index contributed by atoms with van der Waals surface area (Å²) in [5, 5.41) is 0. The monoisotopic (exact) mass is 169 g/mol. The van der Waals surface area contributed by atoms with E-state index in [2.05, 4.69) is 32.6 Å². The number of rotatable bonds is 2. The maximum Gasteiger partial charge on any atom is 0.00978 e. The van der Waals surface area contributed by atoms with Crippen LogP contribution in [0.25, 0.3) is 0 Å². The molecule has 0 bridgehead atoms. The summed E-state index contributed by atoms with van der Waals surface area (Å²) in [6.45, 7) is 10.7.